The van der Waals surface area contributed by atoms with Crippen LogP contribution < -0.4 is 10.9 Å². The molecule has 1 heterocycles. The summed E-state index contributed by atoms with van der Waals surface area (Å²) in [5.74, 6) is 0.0920. The lowest BCUT2D eigenvalue weighted by Gasteiger charge is -2.21. The minimum atomic E-state index is -0.536. The van der Waals surface area contributed by atoms with E-state index in [0.29, 0.717) is 17.2 Å². The molecule has 1 atom stereocenters. The molecule has 1 amide bonds. The van der Waals surface area contributed by atoms with Crippen molar-refractivity contribution in [3.05, 3.63) is 63.1 Å². The van der Waals surface area contributed by atoms with Crippen LogP contribution in [0.4, 0.5) is 0 Å². The average Bonchev–Trinajstić information content (AvgIpc) is 2.60. The summed E-state index contributed by atoms with van der Waals surface area (Å²) in [6.45, 7) is 7.37. The molecule has 0 aliphatic rings. The molecular weight excluding hydrogens is 328 g/mol. The van der Waals surface area contributed by atoms with E-state index < -0.39 is 5.56 Å². The minimum absolute atomic E-state index is 0.0343. The van der Waals surface area contributed by atoms with Gasteiger partial charge in [0.15, 0.2) is 0 Å². The molecule has 0 bridgehead atoms. The molecule has 2 rings (SSSR count). The van der Waals surface area contributed by atoms with Gasteiger partial charge in [0.2, 0.25) is 5.91 Å². The predicted molar refractivity (Wildman–Crippen MR) is 99.5 cm³/mol. The lowest BCUT2D eigenvalue weighted by molar-refractivity contribution is -0.122. The highest BCUT2D eigenvalue weighted by atomic mass is 16.2. The number of aromatic nitrogens is 2. The number of hydrogen-bond donors (Lipinski definition) is 1. The molecule has 0 aliphatic heterocycles. The largest absolute Gasteiger partial charge is 0.348 e. The van der Waals surface area contributed by atoms with Crippen LogP contribution in [0.15, 0.2) is 35.1 Å². The summed E-state index contributed by atoms with van der Waals surface area (Å²) in [5, 5.41) is 16.3. The third-order valence-electron chi connectivity index (χ3n) is 4.29. The van der Waals surface area contributed by atoms with Gasteiger partial charge in [0.05, 0.1) is 11.7 Å². The van der Waals surface area contributed by atoms with E-state index in [0.717, 1.165) is 16.7 Å². The van der Waals surface area contributed by atoms with Gasteiger partial charge in [-0.1, -0.05) is 44.2 Å². The quantitative estimate of drug-likeness (QED) is 0.866. The summed E-state index contributed by atoms with van der Waals surface area (Å²) in [6, 6.07) is 11.5. The molecule has 2 aromatic rings. The number of benzene rings is 1. The molecule has 0 fully saturated rings. The molecule has 0 saturated heterocycles. The Morgan fingerprint density at radius 2 is 1.92 bits per heavy atom. The molecule has 1 N–H and O–H groups in total. The second kappa shape index (κ2) is 8.43. The fraction of sp³-hybridized carbons (Fsp3) is 0.400. The van der Waals surface area contributed by atoms with Gasteiger partial charge in [-0.3, -0.25) is 9.59 Å². The zero-order chi connectivity index (χ0) is 19.3. The Balaban J connectivity index is 2.23. The summed E-state index contributed by atoms with van der Waals surface area (Å²) in [4.78, 5) is 24.9. The number of nitrogens with zero attached hydrogens (tertiary/aromatic N) is 3. The number of hydrogen-bond acceptors (Lipinski definition) is 4. The van der Waals surface area contributed by atoms with Crippen LogP contribution in [0.1, 0.15) is 48.7 Å². The topological polar surface area (TPSA) is 87.8 Å². The predicted octanol–water partition coefficient (Wildman–Crippen LogP) is 2.64. The molecular formula is C20H24N4O2. The molecule has 0 spiro atoms. The molecule has 0 radical (unpaired) electrons. The van der Waals surface area contributed by atoms with Crippen molar-refractivity contribution in [3.8, 4) is 6.07 Å². The van der Waals surface area contributed by atoms with E-state index in [-0.39, 0.29) is 24.1 Å². The van der Waals surface area contributed by atoms with Crippen LogP contribution in [0.2, 0.25) is 0 Å². The Bertz CT molecular complexity index is 879. The van der Waals surface area contributed by atoms with Gasteiger partial charge < -0.3 is 5.32 Å². The van der Waals surface area contributed by atoms with Gasteiger partial charge in [-0.25, -0.2) is 4.68 Å². The van der Waals surface area contributed by atoms with E-state index in [4.69, 9.17) is 0 Å². The lowest BCUT2D eigenvalue weighted by Crippen LogP contribution is -2.37. The average molecular weight is 352 g/mol. The fourth-order valence-corrected chi connectivity index (χ4v) is 2.82. The first-order chi connectivity index (χ1) is 12.3. The zero-order valence-electron chi connectivity index (χ0n) is 15.6. The van der Waals surface area contributed by atoms with Crippen molar-refractivity contribution in [1.82, 2.24) is 15.1 Å². The highest BCUT2D eigenvalue weighted by molar-refractivity contribution is 5.76. The Morgan fingerprint density at radius 3 is 2.50 bits per heavy atom. The van der Waals surface area contributed by atoms with E-state index in [1.807, 2.05) is 36.4 Å². The van der Waals surface area contributed by atoms with Crippen LogP contribution in [0, 0.1) is 31.1 Å². The Labute approximate surface area is 153 Å². The van der Waals surface area contributed by atoms with E-state index in [1.165, 1.54) is 0 Å². The van der Waals surface area contributed by atoms with Gasteiger partial charge in [-0.15, -0.1) is 0 Å². The van der Waals surface area contributed by atoms with Crippen molar-refractivity contribution in [1.29, 1.82) is 5.26 Å². The van der Waals surface area contributed by atoms with E-state index in [9.17, 15) is 14.9 Å². The van der Waals surface area contributed by atoms with Crippen LogP contribution in [-0.2, 0) is 11.3 Å². The molecule has 0 unspecified atom stereocenters. The van der Waals surface area contributed by atoms with Crippen molar-refractivity contribution in [2.75, 3.05) is 0 Å². The monoisotopic (exact) mass is 352 g/mol. The maximum Gasteiger partial charge on any atom is 0.285 e. The normalized spacial score (nSPS) is 11.8. The number of carbonyl (C=O) groups is 1. The molecule has 1 aromatic carbocycles. The third-order valence-corrected chi connectivity index (χ3v) is 4.29. The van der Waals surface area contributed by atoms with Crippen LogP contribution in [0.5, 0.6) is 0 Å². The number of rotatable bonds is 6. The Kier molecular flexibility index (Phi) is 6.29. The first kappa shape index (κ1) is 19.4. The Morgan fingerprint density at radius 1 is 1.27 bits per heavy atom. The second-order valence-corrected chi connectivity index (χ2v) is 6.82. The van der Waals surface area contributed by atoms with Crippen molar-refractivity contribution in [2.45, 2.75) is 46.7 Å². The molecule has 6 heteroatoms. The smallest absolute Gasteiger partial charge is 0.285 e. The summed E-state index contributed by atoms with van der Waals surface area (Å²) in [5.41, 5.74) is 1.64. The summed E-state index contributed by atoms with van der Waals surface area (Å²) in [7, 11) is 0. The number of amides is 1. The molecule has 6 nitrogen and oxygen atoms in total. The fourth-order valence-electron chi connectivity index (χ4n) is 2.82. The first-order valence-corrected chi connectivity index (χ1v) is 8.66. The maximum absolute atomic E-state index is 12.5. The summed E-state index contributed by atoms with van der Waals surface area (Å²) >= 11 is 0. The molecule has 0 aliphatic carbocycles. The van der Waals surface area contributed by atoms with Gasteiger partial charge in [0, 0.05) is 0 Å². The van der Waals surface area contributed by atoms with Gasteiger partial charge in [0.25, 0.3) is 5.56 Å². The van der Waals surface area contributed by atoms with Crippen molar-refractivity contribution >= 4 is 5.91 Å². The molecule has 136 valence electrons. The molecule has 0 saturated carbocycles. The van der Waals surface area contributed by atoms with E-state index >= 15 is 0 Å². The maximum atomic E-state index is 12.5. The molecule has 1 aromatic heterocycles. The third kappa shape index (κ3) is 4.57. The van der Waals surface area contributed by atoms with Crippen LogP contribution in [-0.4, -0.2) is 15.7 Å². The summed E-state index contributed by atoms with van der Waals surface area (Å²) in [6.07, 6.45) is 0.786. The highest BCUT2D eigenvalue weighted by Gasteiger charge is 2.18. The van der Waals surface area contributed by atoms with Gasteiger partial charge in [-0.05, 0) is 37.3 Å². The van der Waals surface area contributed by atoms with Crippen LogP contribution >= 0.6 is 0 Å². The summed E-state index contributed by atoms with van der Waals surface area (Å²) < 4.78 is 1.06. The van der Waals surface area contributed by atoms with Crippen LogP contribution in [0.25, 0.3) is 0 Å². The lowest BCUT2D eigenvalue weighted by atomic mass is 9.97. The Hall–Kier alpha value is -2.94. The standard InChI is InChI=1S/C20H24N4O2/c1-13(2)10-18(16-8-6-5-7-9-16)22-19(25)12-24-20(26)17(11-21)14(3)15(4)23-24/h5-9,13,18H,10,12H2,1-4H3,(H,22,25)/t18-/m1/s1. The highest BCUT2D eigenvalue weighted by Crippen LogP contribution is 2.21. The first-order valence-electron chi connectivity index (χ1n) is 8.66. The van der Waals surface area contributed by atoms with E-state index in [2.05, 4.69) is 24.3 Å². The number of aryl methyl sites for hydroxylation is 1. The van der Waals surface area contributed by atoms with Crippen molar-refractivity contribution in [2.24, 2.45) is 5.92 Å². The van der Waals surface area contributed by atoms with Crippen LogP contribution in [0.3, 0.4) is 0 Å². The van der Waals surface area contributed by atoms with Crippen molar-refractivity contribution in [3.63, 3.8) is 0 Å². The second-order valence-electron chi connectivity index (χ2n) is 6.82. The minimum Gasteiger partial charge on any atom is -0.348 e. The van der Waals surface area contributed by atoms with Crippen molar-refractivity contribution < 1.29 is 4.79 Å². The van der Waals surface area contributed by atoms with E-state index in [1.54, 1.807) is 13.8 Å². The van der Waals surface area contributed by atoms with Gasteiger partial charge in [-0.2, -0.15) is 10.4 Å². The number of nitriles is 1. The number of carbonyl (C=O) groups excluding carboxylic acids is 1. The van der Waals surface area contributed by atoms with Gasteiger partial charge >= 0.3 is 0 Å². The SMILES string of the molecule is Cc1nn(CC(=O)N[C@H](CC(C)C)c2ccccc2)c(=O)c(C#N)c1C. The number of nitrogens with one attached hydrogen (secondary N) is 1. The zero-order valence-corrected chi connectivity index (χ0v) is 15.6. The van der Waals surface area contributed by atoms with Gasteiger partial charge in [0.1, 0.15) is 18.2 Å². The molecule has 26 heavy (non-hydrogen) atoms.